The van der Waals surface area contributed by atoms with Crippen molar-refractivity contribution in [3.05, 3.63) is 52.0 Å². The van der Waals surface area contributed by atoms with Gasteiger partial charge < -0.3 is 16.4 Å². The highest BCUT2D eigenvalue weighted by Crippen LogP contribution is 2.34. The fourth-order valence-corrected chi connectivity index (χ4v) is 2.36. The standard InChI is InChI=1S/C15H15Cl2N3O/c1-2-19-15(21)10-7-6-9(18)8-13(10)20-14-11(16)4-3-5-12(14)17/h3-8,20H,2,18H2,1H3,(H,19,21). The van der Waals surface area contributed by atoms with Crippen LogP contribution in [0.2, 0.25) is 10.0 Å². The second-order valence-corrected chi connectivity index (χ2v) is 5.20. The summed E-state index contributed by atoms with van der Waals surface area (Å²) in [5.41, 5.74) is 7.89. The second-order valence-electron chi connectivity index (χ2n) is 4.39. The van der Waals surface area contributed by atoms with Crippen molar-refractivity contribution in [3.8, 4) is 0 Å². The summed E-state index contributed by atoms with van der Waals surface area (Å²) >= 11 is 12.3. The molecule has 0 fully saturated rings. The topological polar surface area (TPSA) is 67.2 Å². The fraction of sp³-hybridized carbons (Fsp3) is 0.133. The summed E-state index contributed by atoms with van der Waals surface area (Å²) < 4.78 is 0. The number of anilines is 3. The van der Waals surface area contributed by atoms with E-state index in [-0.39, 0.29) is 5.91 Å². The molecule has 0 aliphatic heterocycles. The second kappa shape index (κ2) is 6.70. The zero-order valence-corrected chi connectivity index (χ0v) is 12.9. The molecular formula is C15H15Cl2N3O. The first-order chi connectivity index (χ1) is 10.0. The van der Waals surface area contributed by atoms with Crippen molar-refractivity contribution in [1.29, 1.82) is 0 Å². The average molecular weight is 324 g/mol. The van der Waals surface area contributed by atoms with Crippen LogP contribution in [0.1, 0.15) is 17.3 Å². The SMILES string of the molecule is CCNC(=O)c1ccc(N)cc1Nc1c(Cl)cccc1Cl. The molecule has 1 amide bonds. The Balaban J connectivity index is 2.43. The summed E-state index contributed by atoms with van der Waals surface area (Å²) in [6, 6.07) is 10.2. The van der Waals surface area contributed by atoms with Crippen molar-refractivity contribution in [2.24, 2.45) is 0 Å². The van der Waals surface area contributed by atoms with Crippen LogP contribution in [0.3, 0.4) is 0 Å². The van der Waals surface area contributed by atoms with Gasteiger partial charge >= 0.3 is 0 Å². The predicted molar refractivity (Wildman–Crippen MR) is 88.6 cm³/mol. The number of amides is 1. The van der Waals surface area contributed by atoms with E-state index in [1.165, 1.54) is 0 Å². The zero-order chi connectivity index (χ0) is 15.4. The Hall–Kier alpha value is -1.91. The highest BCUT2D eigenvalue weighted by molar-refractivity contribution is 6.39. The minimum absolute atomic E-state index is 0.192. The van der Waals surface area contributed by atoms with E-state index in [2.05, 4.69) is 10.6 Å². The third-order valence-corrected chi connectivity index (χ3v) is 3.48. The number of carbonyl (C=O) groups is 1. The van der Waals surface area contributed by atoms with Gasteiger partial charge in [0.25, 0.3) is 5.91 Å². The highest BCUT2D eigenvalue weighted by atomic mass is 35.5. The first-order valence-corrected chi connectivity index (χ1v) is 7.17. The molecule has 110 valence electrons. The van der Waals surface area contributed by atoms with Gasteiger partial charge in [0.1, 0.15) is 0 Å². The Bertz CT molecular complexity index is 654. The first kappa shape index (κ1) is 15.5. The van der Waals surface area contributed by atoms with E-state index in [9.17, 15) is 4.79 Å². The summed E-state index contributed by atoms with van der Waals surface area (Å²) in [5.74, 6) is -0.192. The van der Waals surface area contributed by atoms with Gasteiger partial charge in [-0.25, -0.2) is 0 Å². The van der Waals surface area contributed by atoms with Crippen molar-refractivity contribution >= 4 is 46.2 Å². The number of hydrogen-bond acceptors (Lipinski definition) is 3. The molecule has 0 atom stereocenters. The molecule has 0 aromatic heterocycles. The molecule has 0 bridgehead atoms. The van der Waals surface area contributed by atoms with E-state index in [1.807, 2.05) is 6.92 Å². The normalized spacial score (nSPS) is 10.2. The maximum absolute atomic E-state index is 12.1. The minimum Gasteiger partial charge on any atom is -0.399 e. The van der Waals surface area contributed by atoms with Gasteiger partial charge in [0.05, 0.1) is 27.0 Å². The average Bonchev–Trinajstić information content (AvgIpc) is 2.43. The monoisotopic (exact) mass is 323 g/mol. The molecule has 2 aromatic rings. The van der Waals surface area contributed by atoms with Gasteiger partial charge in [0.15, 0.2) is 0 Å². The summed E-state index contributed by atoms with van der Waals surface area (Å²) in [7, 11) is 0. The number of carbonyl (C=O) groups excluding carboxylic acids is 1. The molecule has 0 radical (unpaired) electrons. The summed E-state index contributed by atoms with van der Waals surface area (Å²) in [6.07, 6.45) is 0. The van der Waals surface area contributed by atoms with Gasteiger partial charge in [0.2, 0.25) is 0 Å². The Morgan fingerprint density at radius 1 is 1.19 bits per heavy atom. The number of halogens is 2. The van der Waals surface area contributed by atoms with Crippen molar-refractivity contribution in [1.82, 2.24) is 5.32 Å². The van der Waals surface area contributed by atoms with Gasteiger partial charge in [-0.3, -0.25) is 4.79 Å². The molecule has 6 heteroatoms. The molecule has 0 spiro atoms. The number of nitrogens with one attached hydrogen (secondary N) is 2. The van der Waals surface area contributed by atoms with Crippen LogP contribution in [0.25, 0.3) is 0 Å². The van der Waals surface area contributed by atoms with Crippen molar-refractivity contribution in [2.75, 3.05) is 17.6 Å². The van der Waals surface area contributed by atoms with E-state index >= 15 is 0 Å². The smallest absolute Gasteiger partial charge is 0.253 e. The highest BCUT2D eigenvalue weighted by Gasteiger charge is 2.13. The number of nitrogen functional groups attached to an aromatic ring is 1. The molecule has 0 heterocycles. The number of rotatable bonds is 4. The van der Waals surface area contributed by atoms with E-state index in [0.29, 0.717) is 39.2 Å². The Morgan fingerprint density at radius 2 is 1.86 bits per heavy atom. The van der Waals surface area contributed by atoms with Crippen LogP contribution in [-0.2, 0) is 0 Å². The summed E-state index contributed by atoms with van der Waals surface area (Å²) in [4.78, 5) is 12.1. The lowest BCUT2D eigenvalue weighted by Crippen LogP contribution is -2.23. The number of para-hydroxylation sites is 1. The Morgan fingerprint density at radius 3 is 2.48 bits per heavy atom. The largest absolute Gasteiger partial charge is 0.399 e. The van der Waals surface area contributed by atoms with Crippen LogP contribution in [-0.4, -0.2) is 12.5 Å². The third-order valence-electron chi connectivity index (χ3n) is 2.85. The van der Waals surface area contributed by atoms with Gasteiger partial charge in [-0.15, -0.1) is 0 Å². The predicted octanol–water partition coefficient (Wildman–Crippen LogP) is 4.07. The molecule has 4 N–H and O–H groups in total. The van der Waals surface area contributed by atoms with E-state index < -0.39 is 0 Å². The molecule has 0 unspecified atom stereocenters. The number of nitrogens with two attached hydrogens (primary N) is 1. The van der Waals surface area contributed by atoms with Gasteiger partial charge in [-0.05, 0) is 37.3 Å². The van der Waals surface area contributed by atoms with Gasteiger partial charge in [-0.1, -0.05) is 29.3 Å². The van der Waals surface area contributed by atoms with Crippen molar-refractivity contribution in [2.45, 2.75) is 6.92 Å². The molecule has 0 aliphatic carbocycles. The lowest BCUT2D eigenvalue weighted by Gasteiger charge is -2.14. The maximum atomic E-state index is 12.1. The van der Waals surface area contributed by atoms with Gasteiger partial charge in [0, 0.05) is 12.2 Å². The molecular weight excluding hydrogens is 309 g/mol. The van der Waals surface area contributed by atoms with Crippen LogP contribution >= 0.6 is 23.2 Å². The van der Waals surface area contributed by atoms with Crippen LogP contribution in [0.4, 0.5) is 17.1 Å². The van der Waals surface area contributed by atoms with Crippen LogP contribution in [0.5, 0.6) is 0 Å². The molecule has 0 saturated carbocycles. The summed E-state index contributed by atoms with van der Waals surface area (Å²) in [6.45, 7) is 2.39. The van der Waals surface area contributed by atoms with E-state index in [1.54, 1.807) is 36.4 Å². The van der Waals surface area contributed by atoms with Crippen LogP contribution < -0.4 is 16.4 Å². The Kier molecular flexibility index (Phi) is 4.94. The Labute approximate surface area is 133 Å². The molecule has 0 saturated heterocycles. The zero-order valence-electron chi connectivity index (χ0n) is 11.4. The molecule has 2 rings (SSSR count). The van der Waals surface area contributed by atoms with Gasteiger partial charge in [-0.2, -0.15) is 0 Å². The first-order valence-electron chi connectivity index (χ1n) is 6.41. The van der Waals surface area contributed by atoms with Crippen molar-refractivity contribution < 1.29 is 4.79 Å². The third kappa shape index (κ3) is 3.60. The number of benzene rings is 2. The fourth-order valence-electron chi connectivity index (χ4n) is 1.87. The molecule has 2 aromatic carbocycles. The minimum atomic E-state index is -0.192. The quantitative estimate of drug-likeness (QED) is 0.743. The van der Waals surface area contributed by atoms with Crippen LogP contribution in [0.15, 0.2) is 36.4 Å². The molecule has 21 heavy (non-hydrogen) atoms. The lowest BCUT2D eigenvalue weighted by atomic mass is 10.1. The maximum Gasteiger partial charge on any atom is 0.253 e. The lowest BCUT2D eigenvalue weighted by molar-refractivity contribution is 0.0956. The molecule has 4 nitrogen and oxygen atoms in total. The molecule has 0 aliphatic rings. The number of hydrogen-bond donors (Lipinski definition) is 3. The van der Waals surface area contributed by atoms with E-state index in [4.69, 9.17) is 28.9 Å². The van der Waals surface area contributed by atoms with E-state index in [0.717, 1.165) is 0 Å². The van der Waals surface area contributed by atoms with Crippen LogP contribution in [0, 0.1) is 0 Å². The van der Waals surface area contributed by atoms with Crippen molar-refractivity contribution in [3.63, 3.8) is 0 Å². The summed E-state index contributed by atoms with van der Waals surface area (Å²) in [5, 5.41) is 6.76.